The van der Waals surface area contributed by atoms with E-state index in [1.54, 1.807) is 6.07 Å². The zero-order valence-corrected chi connectivity index (χ0v) is 11.5. The summed E-state index contributed by atoms with van der Waals surface area (Å²) in [4.78, 5) is 0. The van der Waals surface area contributed by atoms with Gasteiger partial charge in [-0.2, -0.15) is 5.10 Å². The number of hydrogen-bond donors (Lipinski definition) is 1. The molecule has 0 saturated heterocycles. The highest BCUT2D eigenvalue weighted by Crippen LogP contribution is 2.20. The minimum Gasteiger partial charge on any atom is -0.379 e. The Labute approximate surface area is 117 Å². The number of para-hydroxylation sites is 1. The van der Waals surface area contributed by atoms with Crippen molar-refractivity contribution in [3.63, 3.8) is 0 Å². The molecule has 20 heavy (non-hydrogen) atoms. The van der Waals surface area contributed by atoms with Crippen molar-refractivity contribution < 1.29 is 4.39 Å². The molecule has 0 bridgehead atoms. The van der Waals surface area contributed by atoms with Gasteiger partial charge in [-0.15, -0.1) is 0 Å². The average Bonchev–Trinajstić information content (AvgIpc) is 2.77. The van der Waals surface area contributed by atoms with Crippen LogP contribution in [0, 0.1) is 12.7 Å². The molecule has 1 N–H and O–H groups in total. The fourth-order valence-electron chi connectivity index (χ4n) is 2.38. The van der Waals surface area contributed by atoms with Crippen LogP contribution in [0.15, 0.2) is 42.5 Å². The van der Waals surface area contributed by atoms with Crippen molar-refractivity contribution in [2.45, 2.75) is 13.5 Å². The summed E-state index contributed by atoms with van der Waals surface area (Å²) in [5.74, 6) is -0.232. The Morgan fingerprint density at radius 3 is 2.85 bits per heavy atom. The first-order valence-corrected chi connectivity index (χ1v) is 6.56. The first-order chi connectivity index (χ1) is 9.65. The number of aryl methyl sites for hydroxylation is 2. The van der Waals surface area contributed by atoms with Crippen molar-refractivity contribution in [2.75, 3.05) is 5.32 Å². The molecule has 0 unspecified atom stereocenters. The molecule has 2 aromatic carbocycles. The van der Waals surface area contributed by atoms with Gasteiger partial charge in [-0.3, -0.25) is 4.68 Å². The molecule has 102 valence electrons. The van der Waals surface area contributed by atoms with Gasteiger partial charge >= 0.3 is 0 Å². The van der Waals surface area contributed by atoms with E-state index < -0.39 is 0 Å². The number of rotatable bonds is 3. The maximum absolute atomic E-state index is 13.3. The van der Waals surface area contributed by atoms with E-state index in [2.05, 4.69) is 16.5 Å². The van der Waals surface area contributed by atoms with E-state index in [0.717, 1.165) is 27.8 Å². The lowest BCUT2D eigenvalue weighted by Crippen LogP contribution is -2.03. The minimum absolute atomic E-state index is 0.232. The molecule has 0 aliphatic carbocycles. The molecule has 0 saturated carbocycles. The van der Waals surface area contributed by atoms with Crippen molar-refractivity contribution >= 4 is 16.6 Å². The van der Waals surface area contributed by atoms with Crippen LogP contribution in [0.1, 0.15) is 11.3 Å². The van der Waals surface area contributed by atoms with Crippen LogP contribution in [0.3, 0.4) is 0 Å². The molecule has 0 fully saturated rings. The predicted octanol–water partition coefficient (Wildman–Crippen LogP) is 3.63. The van der Waals surface area contributed by atoms with Crippen LogP contribution < -0.4 is 5.32 Å². The second-order valence-electron chi connectivity index (χ2n) is 4.90. The Bertz CT molecular complexity index is 762. The van der Waals surface area contributed by atoms with E-state index in [1.807, 2.05) is 36.9 Å². The summed E-state index contributed by atoms with van der Waals surface area (Å²) in [5.41, 5.74) is 3.89. The highest BCUT2D eigenvalue weighted by Gasteiger charge is 2.08. The molecular weight excluding hydrogens is 253 g/mol. The second-order valence-corrected chi connectivity index (χ2v) is 4.90. The largest absolute Gasteiger partial charge is 0.379 e. The third kappa shape index (κ3) is 2.25. The van der Waals surface area contributed by atoms with Gasteiger partial charge in [0.1, 0.15) is 5.82 Å². The summed E-state index contributed by atoms with van der Waals surface area (Å²) in [6.45, 7) is 2.53. The topological polar surface area (TPSA) is 29.9 Å². The molecule has 4 heteroatoms. The Kier molecular flexibility index (Phi) is 3.14. The number of fused-ring (bicyclic) bond motifs is 1. The Morgan fingerprint density at radius 1 is 1.20 bits per heavy atom. The van der Waals surface area contributed by atoms with Crippen molar-refractivity contribution in [3.05, 3.63) is 59.5 Å². The number of benzene rings is 2. The van der Waals surface area contributed by atoms with Crippen LogP contribution in [0.5, 0.6) is 0 Å². The van der Waals surface area contributed by atoms with Crippen molar-refractivity contribution in [1.82, 2.24) is 9.78 Å². The zero-order chi connectivity index (χ0) is 14.1. The van der Waals surface area contributed by atoms with Crippen LogP contribution in [-0.2, 0) is 13.6 Å². The van der Waals surface area contributed by atoms with E-state index in [9.17, 15) is 4.39 Å². The number of halogens is 1. The zero-order valence-electron chi connectivity index (χ0n) is 11.5. The second kappa shape index (κ2) is 4.96. The molecule has 1 heterocycles. The molecular formula is C16H16FN3. The maximum atomic E-state index is 13.3. The van der Waals surface area contributed by atoms with Crippen LogP contribution in [0.4, 0.5) is 10.1 Å². The lowest BCUT2D eigenvalue weighted by atomic mass is 10.1. The van der Waals surface area contributed by atoms with Crippen LogP contribution in [0.25, 0.3) is 10.9 Å². The SMILES string of the molecule is Cc1ccc(F)cc1NCc1nn(C)c2ccccc12. The van der Waals surface area contributed by atoms with Crippen LogP contribution >= 0.6 is 0 Å². The molecule has 0 radical (unpaired) electrons. The van der Waals surface area contributed by atoms with Gasteiger partial charge in [0.15, 0.2) is 0 Å². The Hall–Kier alpha value is -2.36. The number of aromatic nitrogens is 2. The number of hydrogen-bond acceptors (Lipinski definition) is 2. The fourth-order valence-corrected chi connectivity index (χ4v) is 2.38. The number of anilines is 1. The molecule has 3 rings (SSSR count). The molecule has 1 aromatic heterocycles. The summed E-state index contributed by atoms with van der Waals surface area (Å²) in [6, 6.07) is 12.8. The van der Waals surface area contributed by atoms with Crippen molar-refractivity contribution in [2.24, 2.45) is 7.05 Å². The van der Waals surface area contributed by atoms with E-state index >= 15 is 0 Å². The lowest BCUT2D eigenvalue weighted by Gasteiger charge is -2.08. The molecule has 0 atom stereocenters. The van der Waals surface area contributed by atoms with Gasteiger partial charge in [-0.05, 0) is 30.7 Å². The lowest BCUT2D eigenvalue weighted by molar-refractivity contribution is 0.627. The van der Waals surface area contributed by atoms with E-state index in [-0.39, 0.29) is 5.82 Å². The number of nitrogens with one attached hydrogen (secondary N) is 1. The van der Waals surface area contributed by atoms with Gasteiger partial charge in [0.25, 0.3) is 0 Å². The minimum atomic E-state index is -0.232. The first-order valence-electron chi connectivity index (χ1n) is 6.56. The third-order valence-electron chi connectivity index (χ3n) is 3.48. The fraction of sp³-hybridized carbons (Fsp3) is 0.188. The van der Waals surface area contributed by atoms with Gasteiger partial charge in [-0.1, -0.05) is 24.3 Å². The van der Waals surface area contributed by atoms with Gasteiger partial charge in [0.05, 0.1) is 17.8 Å². The molecule has 0 aliphatic rings. The molecule has 0 spiro atoms. The first kappa shape index (κ1) is 12.7. The van der Waals surface area contributed by atoms with Gasteiger partial charge in [0, 0.05) is 18.1 Å². The van der Waals surface area contributed by atoms with Crippen LogP contribution in [0.2, 0.25) is 0 Å². The van der Waals surface area contributed by atoms with Crippen molar-refractivity contribution in [3.8, 4) is 0 Å². The molecule has 3 aromatic rings. The summed E-state index contributed by atoms with van der Waals surface area (Å²) in [7, 11) is 1.93. The average molecular weight is 269 g/mol. The summed E-state index contributed by atoms with van der Waals surface area (Å²) in [5, 5.41) is 8.90. The van der Waals surface area contributed by atoms with E-state index in [4.69, 9.17) is 0 Å². The van der Waals surface area contributed by atoms with E-state index in [1.165, 1.54) is 12.1 Å². The highest BCUT2D eigenvalue weighted by atomic mass is 19.1. The number of nitrogens with zero attached hydrogens (tertiary/aromatic N) is 2. The molecule has 0 aliphatic heterocycles. The Morgan fingerprint density at radius 2 is 2.00 bits per heavy atom. The summed E-state index contributed by atoms with van der Waals surface area (Å²) >= 11 is 0. The molecule has 0 amide bonds. The Balaban J connectivity index is 1.89. The normalized spacial score (nSPS) is 10.9. The van der Waals surface area contributed by atoms with E-state index in [0.29, 0.717) is 6.54 Å². The van der Waals surface area contributed by atoms with Gasteiger partial charge in [0.2, 0.25) is 0 Å². The van der Waals surface area contributed by atoms with Crippen LogP contribution in [-0.4, -0.2) is 9.78 Å². The van der Waals surface area contributed by atoms with Gasteiger partial charge < -0.3 is 5.32 Å². The monoisotopic (exact) mass is 269 g/mol. The van der Waals surface area contributed by atoms with Gasteiger partial charge in [-0.25, -0.2) is 4.39 Å². The highest BCUT2D eigenvalue weighted by molar-refractivity contribution is 5.82. The summed E-state index contributed by atoms with van der Waals surface area (Å²) < 4.78 is 15.1. The standard InChI is InChI=1S/C16H16FN3/c1-11-7-8-12(17)9-14(11)18-10-15-13-5-3-4-6-16(13)20(2)19-15/h3-9,18H,10H2,1-2H3. The van der Waals surface area contributed by atoms with Crippen molar-refractivity contribution in [1.29, 1.82) is 0 Å². The summed E-state index contributed by atoms with van der Waals surface area (Å²) in [6.07, 6.45) is 0. The smallest absolute Gasteiger partial charge is 0.125 e. The molecule has 3 nitrogen and oxygen atoms in total. The quantitative estimate of drug-likeness (QED) is 0.786. The maximum Gasteiger partial charge on any atom is 0.125 e. The third-order valence-corrected chi connectivity index (χ3v) is 3.48. The predicted molar refractivity (Wildman–Crippen MR) is 79.2 cm³/mol.